The number of rotatable bonds is 24. The highest BCUT2D eigenvalue weighted by atomic mass is 16.5. The summed E-state index contributed by atoms with van der Waals surface area (Å²) >= 11 is 0. The lowest BCUT2D eigenvalue weighted by Crippen LogP contribution is -2.50. The predicted molar refractivity (Wildman–Crippen MR) is 467 cm³/mol. The Labute approximate surface area is 678 Å². The molecule has 13 rings (SSSR count). The number of ether oxygens (including phenoxy) is 2. The Kier molecular flexibility index (Phi) is 30.0. The molecule has 0 spiro atoms. The molecular weight excluding hydrogens is 1430 g/mol. The van der Waals surface area contributed by atoms with E-state index in [-0.39, 0.29) is 52.6 Å². The number of aliphatic hydroxyl groups is 2. The van der Waals surface area contributed by atoms with Gasteiger partial charge in [0.1, 0.15) is 86.1 Å². The summed E-state index contributed by atoms with van der Waals surface area (Å²) < 4.78 is 24.6. The molecule has 0 amide bonds. The first-order valence-electron chi connectivity index (χ1n) is 42.3. The van der Waals surface area contributed by atoms with Gasteiger partial charge >= 0.3 is 5.97 Å². The van der Waals surface area contributed by atoms with Crippen LogP contribution in [0.25, 0.3) is 49.5 Å². The zero-order valence-electron chi connectivity index (χ0n) is 71.6. The number of furan rings is 2. The van der Waals surface area contributed by atoms with E-state index in [1.807, 2.05) is 65.8 Å². The monoisotopic (exact) mass is 1560 g/mol. The summed E-state index contributed by atoms with van der Waals surface area (Å²) in [5, 5.41) is 97.5. The molecule has 8 atom stereocenters. The molecule has 4 heterocycles. The number of aromatic carboxylic acids is 1. The van der Waals surface area contributed by atoms with Crippen LogP contribution in [0.2, 0.25) is 0 Å². The van der Waals surface area contributed by atoms with Crippen LogP contribution in [-0.4, -0.2) is 75.3 Å². The number of phenolic OH excluding ortho intramolecular Hbond substituents is 5. The SMILES string of the molecule is C=C(C)[C@@H]1CC[C@](C)(O)[C@H]2Oc3cc(CCC)c(C(=O)O)c(O)c3[C@@H]12.C=C(C)c1ccc(C)c2oc3cc(CCCCC)cc(O)c3c12.CCCCCc1cc(O)c2c(c1)oc1c(C)ccc(C(C)C)c12.CCCc1cc(O)c(C/C=C(\C)CCC=C(C)C)c(O)c1.CCCc1cc(O)c2c(c1)OC1C(C)CCC(C(C)(C)O)C21. The van der Waals surface area contributed by atoms with Crippen molar-refractivity contribution in [2.45, 2.75) is 301 Å². The van der Waals surface area contributed by atoms with Gasteiger partial charge in [0.25, 0.3) is 0 Å². The van der Waals surface area contributed by atoms with Gasteiger partial charge in [-0.1, -0.05) is 172 Å². The van der Waals surface area contributed by atoms with Crippen molar-refractivity contribution in [2.24, 2.45) is 17.8 Å². The van der Waals surface area contributed by atoms with Gasteiger partial charge in [0.05, 0.1) is 22.0 Å². The minimum atomic E-state index is -1.14. The maximum atomic E-state index is 11.8. The van der Waals surface area contributed by atoms with E-state index in [0.717, 1.165) is 195 Å². The molecule has 2 aliphatic heterocycles. The molecule has 4 aliphatic rings. The van der Waals surface area contributed by atoms with Gasteiger partial charge in [-0.15, -0.1) is 0 Å². The maximum Gasteiger partial charge on any atom is 0.339 e. The van der Waals surface area contributed by atoms with E-state index < -0.39 is 23.3 Å². The molecule has 0 saturated heterocycles. The van der Waals surface area contributed by atoms with Crippen molar-refractivity contribution in [1.82, 2.24) is 0 Å². The first-order chi connectivity index (χ1) is 54.0. The van der Waals surface area contributed by atoms with Gasteiger partial charge in [-0.05, 0) is 287 Å². The third-order valence-electron chi connectivity index (χ3n) is 23.9. The Balaban J connectivity index is 0.000000163. The Bertz CT molecular complexity index is 4940. The second-order valence-electron chi connectivity index (χ2n) is 34.6. The third-order valence-corrected chi connectivity index (χ3v) is 23.9. The first-order valence-corrected chi connectivity index (χ1v) is 42.3. The first kappa shape index (κ1) is 88.8. The molecule has 9 aromatic rings. The molecule has 2 fully saturated rings. The topological polar surface area (TPSA) is 244 Å². The van der Waals surface area contributed by atoms with Crippen molar-refractivity contribution in [2.75, 3.05) is 0 Å². The van der Waals surface area contributed by atoms with Crippen molar-refractivity contribution in [3.8, 4) is 46.0 Å². The molecule has 0 bridgehead atoms. The molecule has 14 nitrogen and oxygen atoms in total. The van der Waals surface area contributed by atoms with Crippen LogP contribution in [0, 0.1) is 31.6 Å². The van der Waals surface area contributed by atoms with Crippen molar-refractivity contribution >= 4 is 55.4 Å². The van der Waals surface area contributed by atoms with Crippen LogP contribution in [0.1, 0.15) is 302 Å². The average molecular weight is 1560 g/mol. The Morgan fingerprint density at radius 3 is 1.66 bits per heavy atom. The normalized spacial score (nSPS) is 19.4. The number of carbonyl (C=O) groups is 1. The third kappa shape index (κ3) is 20.2. The van der Waals surface area contributed by atoms with Gasteiger partial charge in [-0.25, -0.2) is 4.79 Å². The number of carboxylic acids is 1. The Morgan fingerprint density at radius 2 is 1.13 bits per heavy atom. The number of allylic oxidation sites excluding steroid dienone is 6. The summed E-state index contributed by atoms with van der Waals surface area (Å²) in [4.78, 5) is 11.8. The molecule has 114 heavy (non-hydrogen) atoms. The lowest BCUT2D eigenvalue weighted by molar-refractivity contribution is -0.0824. The number of fused-ring (bicyclic) bond motifs is 12. The van der Waals surface area contributed by atoms with E-state index >= 15 is 0 Å². The minimum Gasteiger partial charge on any atom is -0.508 e. The van der Waals surface area contributed by atoms with E-state index in [0.29, 0.717) is 70.8 Å². The standard InChI is InChI=1S/C21H26O2.C21H24O2.C20H26O5.C19H28O3.C19H28O2/c2*1-5-6-7-8-15-11-17(22)20-18(12-15)23-21-14(4)9-10-16(13(2)3)19(20)21;1-5-6-11-9-13-16(17(21)14(11)19(22)23)15-12(10(2)3)7-8-20(4,24)18(15)25-13;1-5-6-12-9-14(20)17-15(10-12)22-18-11(2)7-8-13(16(17)18)19(3,4)21;1-5-7-16-12-18(20)17(19(21)13-16)11-10-15(4)9-6-8-14(2)3/h9-13,22H,5-8H2,1-4H3;9-12,22H,2,5-8H2,1,3-4H3;9,12,15,18,21,24H,2,5-8H2,1,3-4H3,(H,22,23);9-11,13,16,18,20-21H,5-8H2,1-4H3;8,10,12-13,20-21H,5-7,9,11H2,1-4H3/b;;;;15-10+/t;;12-,15+,18-,20-;;/m..0../s1. The molecule has 9 N–H and O–H groups in total. The van der Waals surface area contributed by atoms with Gasteiger partial charge in [-0.3, -0.25) is 0 Å². The zero-order valence-corrected chi connectivity index (χ0v) is 71.6. The zero-order chi connectivity index (χ0) is 83.5. The number of benzene rings is 7. The van der Waals surface area contributed by atoms with E-state index in [2.05, 4.69) is 138 Å². The molecule has 14 heteroatoms. The summed E-state index contributed by atoms with van der Waals surface area (Å²) in [5.41, 5.74) is 17.5. The lowest BCUT2D eigenvalue weighted by atomic mass is 9.65. The molecule has 616 valence electrons. The van der Waals surface area contributed by atoms with Crippen molar-refractivity contribution in [1.29, 1.82) is 0 Å². The quantitative estimate of drug-likeness (QED) is 0.0202. The fraction of sp³-hybridized carbons (Fsp3) is 0.490. The van der Waals surface area contributed by atoms with Crippen LogP contribution in [0.15, 0.2) is 130 Å². The predicted octanol–water partition coefficient (Wildman–Crippen LogP) is 25.7. The number of hydrogen-bond donors (Lipinski definition) is 9. The summed E-state index contributed by atoms with van der Waals surface area (Å²) in [5.74, 6) is 2.18. The van der Waals surface area contributed by atoms with E-state index in [9.17, 15) is 50.8 Å². The second kappa shape index (κ2) is 38.6. The highest BCUT2D eigenvalue weighted by molar-refractivity contribution is 6.14. The van der Waals surface area contributed by atoms with Gasteiger partial charge in [-0.2, -0.15) is 0 Å². The average Bonchev–Trinajstić information content (AvgIpc) is 1.57. The molecular formula is C100H132O14. The Morgan fingerprint density at radius 1 is 0.605 bits per heavy atom. The molecule has 2 aromatic heterocycles. The number of aryl methyl sites for hydroxylation is 7. The smallest absolute Gasteiger partial charge is 0.339 e. The van der Waals surface area contributed by atoms with E-state index in [1.165, 1.54) is 42.4 Å². The van der Waals surface area contributed by atoms with Gasteiger partial charge in [0.15, 0.2) is 0 Å². The highest BCUT2D eigenvalue weighted by Crippen LogP contribution is 2.59. The van der Waals surface area contributed by atoms with Crippen LogP contribution in [0.4, 0.5) is 0 Å². The largest absolute Gasteiger partial charge is 0.508 e. The fourth-order valence-corrected chi connectivity index (χ4v) is 17.8. The summed E-state index contributed by atoms with van der Waals surface area (Å²) in [6.07, 6.45) is 24.1. The maximum absolute atomic E-state index is 11.8. The van der Waals surface area contributed by atoms with Crippen LogP contribution < -0.4 is 9.47 Å². The number of carboxylic acid groups (broad SMARTS) is 1. The Hall–Kier alpha value is -9.11. The minimum absolute atomic E-state index is 0.0380. The molecule has 2 aliphatic carbocycles. The molecule has 4 unspecified atom stereocenters. The number of aromatic hydroxyl groups is 6. The fourth-order valence-electron chi connectivity index (χ4n) is 17.8. The second-order valence-corrected chi connectivity index (χ2v) is 34.6. The van der Waals surface area contributed by atoms with Crippen LogP contribution in [0.3, 0.4) is 0 Å². The van der Waals surface area contributed by atoms with Crippen molar-refractivity contribution in [3.05, 3.63) is 193 Å². The van der Waals surface area contributed by atoms with E-state index in [1.54, 1.807) is 25.1 Å². The highest BCUT2D eigenvalue weighted by Gasteiger charge is 2.55. The number of unbranched alkanes of at least 4 members (excludes halogenated alkanes) is 4. The summed E-state index contributed by atoms with van der Waals surface area (Å²) in [7, 11) is 0. The van der Waals surface area contributed by atoms with Crippen molar-refractivity contribution in [3.63, 3.8) is 0 Å². The summed E-state index contributed by atoms with van der Waals surface area (Å²) in [6, 6.07) is 25.6. The number of phenols is 6. The van der Waals surface area contributed by atoms with Gasteiger partial charge in [0, 0.05) is 39.3 Å². The van der Waals surface area contributed by atoms with Gasteiger partial charge in [0.2, 0.25) is 0 Å². The van der Waals surface area contributed by atoms with Crippen molar-refractivity contribution < 1.29 is 69.1 Å². The van der Waals surface area contributed by atoms with Crippen LogP contribution >= 0.6 is 0 Å². The molecule has 2 saturated carbocycles. The lowest BCUT2D eigenvalue weighted by Gasteiger charge is -2.42. The summed E-state index contributed by atoms with van der Waals surface area (Å²) in [6.45, 7) is 45.1. The van der Waals surface area contributed by atoms with Gasteiger partial charge < -0.3 is 64.3 Å². The molecule has 0 radical (unpaired) electrons. The number of hydrogen-bond acceptors (Lipinski definition) is 13. The van der Waals surface area contributed by atoms with Crippen LogP contribution in [0.5, 0.6) is 46.0 Å². The van der Waals surface area contributed by atoms with E-state index in [4.69, 9.17) is 18.3 Å². The van der Waals surface area contributed by atoms with Crippen LogP contribution in [-0.2, 0) is 38.5 Å². The molecule has 7 aromatic carbocycles.